The van der Waals surface area contributed by atoms with Gasteiger partial charge in [-0.15, -0.1) is 0 Å². The summed E-state index contributed by atoms with van der Waals surface area (Å²) in [4.78, 5) is 26.2. The number of aliphatic hydroxyl groups excluding tert-OH is 2. The number of carbonyl (C=O) groups is 2. The molecule has 4 heterocycles. The first-order valence-corrected chi connectivity index (χ1v) is 12.0. The first kappa shape index (κ1) is 22.9. The lowest BCUT2D eigenvalue weighted by Crippen LogP contribution is -2.66. The molecule has 0 aromatic carbocycles. The van der Waals surface area contributed by atoms with Crippen molar-refractivity contribution in [1.82, 2.24) is 0 Å². The van der Waals surface area contributed by atoms with Gasteiger partial charge in [0.15, 0.2) is 25.5 Å². The Kier molecular flexibility index (Phi) is 4.58. The highest BCUT2D eigenvalue weighted by molar-refractivity contribution is 6.00. The van der Waals surface area contributed by atoms with Crippen LogP contribution in [0.5, 0.6) is 0 Å². The fourth-order valence-corrected chi connectivity index (χ4v) is 8.23. The Morgan fingerprint density at radius 1 is 1.15 bits per heavy atom. The van der Waals surface area contributed by atoms with E-state index in [4.69, 9.17) is 28.4 Å². The summed E-state index contributed by atoms with van der Waals surface area (Å²) in [6, 6.07) is 0. The van der Waals surface area contributed by atoms with Crippen molar-refractivity contribution < 1.29 is 48.2 Å². The van der Waals surface area contributed by atoms with E-state index >= 15 is 0 Å². The van der Waals surface area contributed by atoms with E-state index in [0.29, 0.717) is 6.61 Å². The maximum absolute atomic E-state index is 13.7. The Hall–Kier alpha value is -1.56. The summed E-state index contributed by atoms with van der Waals surface area (Å²) in [6.45, 7) is 9.73. The molecular formula is C24H32O10. The molecule has 2 N–H and O–H groups in total. The van der Waals surface area contributed by atoms with E-state index < -0.39 is 76.7 Å². The van der Waals surface area contributed by atoms with Crippen LogP contribution in [0.25, 0.3) is 0 Å². The lowest BCUT2D eigenvalue weighted by Gasteiger charge is -2.54. The minimum Gasteiger partial charge on any atom is -0.456 e. The van der Waals surface area contributed by atoms with Crippen LogP contribution in [-0.2, 0) is 38.0 Å². The summed E-state index contributed by atoms with van der Waals surface area (Å²) in [5.74, 6) is -1.99. The van der Waals surface area contributed by atoms with Gasteiger partial charge in [0.05, 0.1) is 16.9 Å². The van der Waals surface area contributed by atoms with E-state index in [9.17, 15) is 19.8 Å². The summed E-state index contributed by atoms with van der Waals surface area (Å²) < 4.78 is 36.3. The van der Waals surface area contributed by atoms with Gasteiger partial charge in [-0.25, -0.2) is 9.59 Å². The van der Waals surface area contributed by atoms with Crippen molar-refractivity contribution in [2.24, 2.45) is 22.2 Å². The molecule has 4 aliphatic heterocycles. The number of rotatable bonds is 4. The van der Waals surface area contributed by atoms with Crippen LogP contribution < -0.4 is 0 Å². The van der Waals surface area contributed by atoms with Gasteiger partial charge in [0.25, 0.3) is 0 Å². The second-order valence-corrected chi connectivity index (χ2v) is 11.4. The van der Waals surface area contributed by atoms with Crippen LogP contribution in [0, 0.1) is 22.2 Å². The Bertz CT molecular complexity index is 985. The van der Waals surface area contributed by atoms with E-state index in [-0.39, 0.29) is 17.9 Å². The minimum atomic E-state index is -1.86. The van der Waals surface area contributed by atoms with Gasteiger partial charge in [-0.05, 0) is 18.8 Å². The Morgan fingerprint density at radius 2 is 1.88 bits per heavy atom. The smallest absolute Gasteiger partial charge is 0.344 e. The van der Waals surface area contributed by atoms with Crippen LogP contribution in [-0.4, -0.2) is 78.1 Å². The fourth-order valence-electron chi connectivity index (χ4n) is 8.23. The number of aliphatic hydroxyl groups is 2. The first-order chi connectivity index (χ1) is 16.0. The molecule has 10 heteroatoms. The largest absolute Gasteiger partial charge is 0.456 e. The van der Waals surface area contributed by atoms with Gasteiger partial charge in [0.2, 0.25) is 5.60 Å². The van der Waals surface area contributed by atoms with Crippen molar-refractivity contribution in [1.29, 1.82) is 0 Å². The molecule has 6 rings (SSSR count). The van der Waals surface area contributed by atoms with Gasteiger partial charge in [-0.1, -0.05) is 34.1 Å². The predicted octanol–water partition coefficient (Wildman–Crippen LogP) is 0.780. The number of hydrogen-bond donors (Lipinski definition) is 2. The van der Waals surface area contributed by atoms with Crippen LogP contribution in [0.4, 0.5) is 0 Å². The highest BCUT2D eigenvalue weighted by Gasteiger charge is 2.99. The Morgan fingerprint density at radius 3 is 2.56 bits per heavy atom. The third-order valence-corrected chi connectivity index (χ3v) is 9.00. The lowest BCUT2D eigenvalue weighted by molar-refractivity contribution is -0.385. The third-order valence-electron chi connectivity index (χ3n) is 9.00. The second-order valence-electron chi connectivity index (χ2n) is 11.4. The van der Waals surface area contributed by atoms with E-state index in [1.54, 1.807) is 6.92 Å². The molecule has 0 amide bonds. The molecular weight excluding hydrogens is 448 g/mol. The third kappa shape index (κ3) is 2.09. The Labute approximate surface area is 197 Å². The molecule has 2 saturated carbocycles. The van der Waals surface area contributed by atoms with Crippen molar-refractivity contribution in [3.8, 4) is 0 Å². The van der Waals surface area contributed by atoms with Gasteiger partial charge in [-0.2, -0.15) is 0 Å². The molecule has 6 aliphatic rings. The molecule has 10 atom stereocenters. The zero-order valence-corrected chi connectivity index (χ0v) is 20.0. The van der Waals surface area contributed by atoms with Crippen molar-refractivity contribution in [3.63, 3.8) is 0 Å². The highest BCUT2D eigenvalue weighted by atomic mass is 16.8. The van der Waals surface area contributed by atoms with Crippen molar-refractivity contribution >= 4 is 11.9 Å². The summed E-state index contributed by atoms with van der Waals surface area (Å²) in [6.07, 6.45) is -5.12. The Balaban J connectivity index is 1.67. The molecule has 5 fully saturated rings. The molecule has 0 radical (unpaired) electrons. The van der Waals surface area contributed by atoms with Gasteiger partial charge in [0.1, 0.15) is 12.2 Å². The number of hydrogen-bond acceptors (Lipinski definition) is 10. The summed E-state index contributed by atoms with van der Waals surface area (Å²) in [7, 11) is 0. The van der Waals surface area contributed by atoms with E-state index in [1.165, 1.54) is 0 Å². The number of unbranched alkanes of at least 4 members (excludes halogenated alkanes) is 1. The molecule has 3 saturated heterocycles. The minimum absolute atomic E-state index is 0.144. The van der Waals surface area contributed by atoms with Crippen molar-refractivity contribution in [2.45, 2.75) is 90.1 Å². The number of ether oxygens (including phenoxy) is 6. The average molecular weight is 481 g/mol. The van der Waals surface area contributed by atoms with E-state index in [2.05, 4.69) is 0 Å². The van der Waals surface area contributed by atoms with Crippen LogP contribution >= 0.6 is 0 Å². The molecule has 2 aliphatic carbocycles. The molecule has 6 unspecified atom stereocenters. The standard InChI is InChI=1S/C24H32O10/c1-6-7-8-29-19-22-14(21(3,4)5)12(25)16-23(22)15(26)13-11(10(2)17(27)32-13)24(23,18(28)33-16)34-20(22)31-9-30-19/h12-16,19-20,25-26H,6-9H2,1-5H3/t12-,13?,14+,15+,16?,19+,20?,22?,23?,24?/m1/s1. The zero-order chi connectivity index (χ0) is 24.4. The molecule has 0 bridgehead atoms. The average Bonchev–Trinajstić information content (AvgIpc) is 3.42. The second kappa shape index (κ2) is 6.80. The van der Waals surface area contributed by atoms with Crippen LogP contribution in [0.15, 0.2) is 11.1 Å². The maximum atomic E-state index is 13.7. The van der Waals surface area contributed by atoms with Crippen LogP contribution in [0.3, 0.4) is 0 Å². The normalized spacial score (nSPS) is 50.7. The molecule has 34 heavy (non-hydrogen) atoms. The number of fused-ring (bicyclic) bond motifs is 1. The summed E-state index contributed by atoms with van der Waals surface area (Å²) >= 11 is 0. The summed E-state index contributed by atoms with van der Waals surface area (Å²) in [5.41, 5.74) is -4.83. The monoisotopic (exact) mass is 480 g/mol. The number of carbonyl (C=O) groups excluding carboxylic acids is 2. The first-order valence-electron chi connectivity index (χ1n) is 12.0. The zero-order valence-electron chi connectivity index (χ0n) is 20.0. The van der Waals surface area contributed by atoms with Gasteiger partial charge < -0.3 is 38.6 Å². The number of esters is 2. The molecule has 10 nitrogen and oxygen atoms in total. The summed E-state index contributed by atoms with van der Waals surface area (Å²) in [5, 5.41) is 23.7. The molecule has 0 aromatic rings. The lowest BCUT2D eigenvalue weighted by atomic mass is 9.52. The fraction of sp³-hybridized carbons (Fsp3) is 0.833. The van der Waals surface area contributed by atoms with Gasteiger partial charge in [-0.3, -0.25) is 0 Å². The molecule has 0 aromatic heterocycles. The quantitative estimate of drug-likeness (QED) is 0.440. The topological polar surface area (TPSA) is 130 Å². The van der Waals surface area contributed by atoms with E-state index in [1.807, 2.05) is 27.7 Å². The molecule has 2 spiro atoms. The van der Waals surface area contributed by atoms with Crippen molar-refractivity contribution in [3.05, 3.63) is 11.1 Å². The highest BCUT2D eigenvalue weighted by Crippen LogP contribution is 2.83. The van der Waals surface area contributed by atoms with E-state index in [0.717, 1.165) is 12.8 Å². The van der Waals surface area contributed by atoms with Crippen LogP contribution in [0.1, 0.15) is 47.5 Å². The maximum Gasteiger partial charge on any atom is 0.344 e. The SMILES string of the molecule is CCCCO[C@H]1OCOC2OC34C(=O)OC5[C@H](O)[C@@H](C(C)(C)C)C21C53[C@@H](O)C1OC(=O)C(C)=C14. The van der Waals surface area contributed by atoms with Gasteiger partial charge >= 0.3 is 11.9 Å². The van der Waals surface area contributed by atoms with Crippen molar-refractivity contribution in [2.75, 3.05) is 13.4 Å². The van der Waals surface area contributed by atoms with Gasteiger partial charge in [0, 0.05) is 23.7 Å². The van der Waals surface area contributed by atoms with Crippen LogP contribution in [0.2, 0.25) is 0 Å². The predicted molar refractivity (Wildman–Crippen MR) is 112 cm³/mol. The molecule has 188 valence electrons.